The van der Waals surface area contributed by atoms with Gasteiger partial charge in [-0.3, -0.25) is 15.5 Å². The smallest absolute Gasteiger partial charge is 0.270 e. The Morgan fingerprint density at radius 1 is 1.15 bits per heavy atom. The third-order valence-electron chi connectivity index (χ3n) is 5.23. The third kappa shape index (κ3) is 4.94. The summed E-state index contributed by atoms with van der Waals surface area (Å²) < 4.78 is 29.2. The maximum absolute atomic E-state index is 13.1. The number of nitro benzene ring substituents is 1. The van der Waals surface area contributed by atoms with Crippen LogP contribution in [0.3, 0.4) is 0 Å². The lowest BCUT2D eigenvalue weighted by molar-refractivity contribution is -0.385. The van der Waals surface area contributed by atoms with Gasteiger partial charge in [0.2, 0.25) is 10.0 Å². The van der Waals surface area contributed by atoms with Gasteiger partial charge in [0.15, 0.2) is 0 Å². The summed E-state index contributed by atoms with van der Waals surface area (Å²) in [5.74, 6) is 0. The molecule has 1 aromatic heterocycles. The summed E-state index contributed by atoms with van der Waals surface area (Å²) in [4.78, 5) is 10.4. The van der Waals surface area contributed by atoms with E-state index in [4.69, 9.17) is 0 Å². The van der Waals surface area contributed by atoms with E-state index in [1.807, 2.05) is 44.2 Å². The summed E-state index contributed by atoms with van der Waals surface area (Å²) in [5.41, 5.74) is 5.88. The average molecular weight is 471 g/mol. The number of aromatic nitrogens is 2. The second-order valence-corrected chi connectivity index (χ2v) is 9.14. The maximum atomic E-state index is 13.1. The predicted octanol–water partition coefficient (Wildman–Crippen LogP) is 3.87. The fraction of sp³-hybridized carbons (Fsp3) is 0.273. The number of sulfonamides is 1. The maximum Gasteiger partial charge on any atom is 0.270 e. The number of para-hydroxylation sites is 1. The van der Waals surface area contributed by atoms with Gasteiger partial charge in [-0.05, 0) is 32.0 Å². The fourth-order valence-corrected chi connectivity index (χ4v) is 5.08. The average Bonchev–Trinajstić information content (AvgIpc) is 3.08. The number of nitrogens with zero attached hydrogens (tertiary/aromatic N) is 5. The van der Waals surface area contributed by atoms with Crippen LogP contribution in [0.4, 0.5) is 11.4 Å². The molecule has 0 aliphatic rings. The highest BCUT2D eigenvalue weighted by molar-refractivity contribution is 7.89. The lowest BCUT2D eigenvalue weighted by Gasteiger charge is -2.20. The summed E-state index contributed by atoms with van der Waals surface area (Å²) in [5, 5.41) is 20.0. The minimum atomic E-state index is -3.96. The van der Waals surface area contributed by atoms with Crippen LogP contribution in [0.1, 0.15) is 30.8 Å². The van der Waals surface area contributed by atoms with E-state index in [0.29, 0.717) is 0 Å². The first-order valence-electron chi connectivity index (χ1n) is 10.4. The first-order chi connectivity index (χ1) is 15.7. The first kappa shape index (κ1) is 24.1. The molecule has 0 atom stereocenters. The van der Waals surface area contributed by atoms with E-state index in [-0.39, 0.29) is 29.4 Å². The van der Waals surface area contributed by atoms with E-state index in [1.54, 1.807) is 24.7 Å². The Bertz CT molecular complexity index is 1280. The molecule has 0 fully saturated rings. The summed E-state index contributed by atoms with van der Waals surface area (Å²) in [6, 6.07) is 13.3. The number of hydrogen-bond acceptors (Lipinski definition) is 7. The number of nitrogens with one attached hydrogen (secondary N) is 1. The summed E-state index contributed by atoms with van der Waals surface area (Å²) in [6.07, 6.45) is 1.56. The van der Waals surface area contributed by atoms with Crippen molar-refractivity contribution in [2.45, 2.75) is 32.6 Å². The lowest BCUT2D eigenvalue weighted by Crippen LogP contribution is -2.31. The van der Waals surface area contributed by atoms with E-state index >= 15 is 0 Å². The summed E-state index contributed by atoms with van der Waals surface area (Å²) >= 11 is 0. The molecular formula is C22H26N6O4S. The molecule has 11 heteroatoms. The van der Waals surface area contributed by atoms with Gasteiger partial charge >= 0.3 is 0 Å². The van der Waals surface area contributed by atoms with Crippen molar-refractivity contribution in [3.8, 4) is 5.69 Å². The van der Waals surface area contributed by atoms with Gasteiger partial charge in [0.1, 0.15) is 4.90 Å². The molecule has 174 valence electrons. The third-order valence-corrected chi connectivity index (χ3v) is 7.32. The molecular weight excluding hydrogens is 444 g/mol. The number of hydrazone groups is 1. The zero-order valence-corrected chi connectivity index (χ0v) is 19.7. The van der Waals surface area contributed by atoms with Crippen molar-refractivity contribution in [1.29, 1.82) is 0 Å². The largest absolute Gasteiger partial charge is 0.277 e. The quantitative estimate of drug-likeness (QED) is 0.288. The lowest BCUT2D eigenvalue weighted by atomic mass is 10.2. The molecule has 0 aliphatic heterocycles. The van der Waals surface area contributed by atoms with Crippen LogP contribution in [-0.2, 0) is 10.0 Å². The fourth-order valence-electron chi connectivity index (χ4n) is 3.46. The van der Waals surface area contributed by atoms with Crippen LogP contribution in [0.25, 0.3) is 5.69 Å². The Morgan fingerprint density at radius 3 is 2.42 bits per heavy atom. The minimum Gasteiger partial charge on any atom is -0.277 e. The standard InChI is InChI=1S/C22H26N6O4S/c1-5-26(6-2)33(31,32)22-14-19(28(29)30)12-13-21(22)24-23-15-20-16(3)25-27(17(20)4)18-10-8-7-9-11-18/h7-15,24H,5-6H2,1-4H3/b23-15+. The van der Waals surface area contributed by atoms with E-state index in [0.717, 1.165) is 28.7 Å². The normalized spacial score (nSPS) is 11.9. The van der Waals surface area contributed by atoms with Crippen molar-refractivity contribution in [3.63, 3.8) is 0 Å². The number of aryl methyl sites for hydroxylation is 1. The predicted molar refractivity (Wildman–Crippen MR) is 127 cm³/mol. The van der Waals surface area contributed by atoms with Crippen molar-refractivity contribution < 1.29 is 13.3 Å². The highest BCUT2D eigenvalue weighted by Crippen LogP contribution is 2.29. The zero-order valence-electron chi connectivity index (χ0n) is 18.9. The van der Waals surface area contributed by atoms with Gasteiger partial charge in [-0.25, -0.2) is 13.1 Å². The molecule has 0 saturated carbocycles. The number of nitro groups is 1. The Kier molecular flexibility index (Phi) is 7.24. The minimum absolute atomic E-state index is 0.148. The first-order valence-corrected chi connectivity index (χ1v) is 11.8. The van der Waals surface area contributed by atoms with Gasteiger partial charge in [0.05, 0.1) is 33.9 Å². The molecule has 33 heavy (non-hydrogen) atoms. The SMILES string of the molecule is CCN(CC)S(=O)(=O)c1cc([N+](=O)[O-])ccc1N/N=C/c1c(C)nn(-c2ccccc2)c1C. The molecule has 1 heterocycles. The summed E-state index contributed by atoms with van der Waals surface area (Å²) in [6.45, 7) is 7.66. The number of benzene rings is 2. The topological polar surface area (TPSA) is 123 Å². The second-order valence-electron chi connectivity index (χ2n) is 7.23. The van der Waals surface area contributed by atoms with Gasteiger partial charge in [-0.2, -0.15) is 14.5 Å². The Labute approximate surface area is 192 Å². The Morgan fingerprint density at radius 2 is 1.82 bits per heavy atom. The zero-order chi connectivity index (χ0) is 24.2. The van der Waals surface area contributed by atoms with E-state index in [1.165, 1.54) is 16.4 Å². The molecule has 0 spiro atoms. The molecule has 1 N–H and O–H groups in total. The molecule has 0 unspecified atom stereocenters. The van der Waals surface area contributed by atoms with Crippen molar-refractivity contribution in [2.75, 3.05) is 18.5 Å². The van der Waals surface area contributed by atoms with Gasteiger partial charge < -0.3 is 0 Å². The Balaban J connectivity index is 1.97. The molecule has 2 aromatic carbocycles. The molecule has 10 nitrogen and oxygen atoms in total. The van der Waals surface area contributed by atoms with Crippen LogP contribution in [0.15, 0.2) is 58.5 Å². The van der Waals surface area contributed by atoms with E-state index in [9.17, 15) is 18.5 Å². The van der Waals surface area contributed by atoms with Crippen LogP contribution in [0.2, 0.25) is 0 Å². The molecule has 0 aliphatic carbocycles. The molecule has 0 saturated heterocycles. The molecule has 0 bridgehead atoms. The monoisotopic (exact) mass is 470 g/mol. The number of hydrogen-bond donors (Lipinski definition) is 1. The van der Waals surface area contributed by atoms with Gasteiger partial charge in [-0.1, -0.05) is 32.0 Å². The molecule has 0 amide bonds. The van der Waals surface area contributed by atoms with Crippen LogP contribution >= 0.6 is 0 Å². The number of rotatable bonds is 9. The van der Waals surface area contributed by atoms with E-state index in [2.05, 4.69) is 15.6 Å². The molecule has 3 aromatic rings. The summed E-state index contributed by atoms with van der Waals surface area (Å²) in [7, 11) is -3.96. The molecule has 3 rings (SSSR count). The van der Waals surface area contributed by atoms with Crippen molar-refractivity contribution >= 4 is 27.6 Å². The Hall–Kier alpha value is -3.57. The second kappa shape index (κ2) is 9.92. The van der Waals surface area contributed by atoms with Crippen molar-refractivity contribution in [2.24, 2.45) is 5.10 Å². The number of non-ortho nitro benzene ring substituents is 1. The van der Waals surface area contributed by atoms with Gasteiger partial charge in [0, 0.05) is 30.8 Å². The van der Waals surface area contributed by atoms with Crippen LogP contribution in [-0.4, -0.2) is 46.7 Å². The highest BCUT2D eigenvalue weighted by atomic mass is 32.2. The molecule has 0 radical (unpaired) electrons. The van der Waals surface area contributed by atoms with Crippen LogP contribution < -0.4 is 5.43 Å². The van der Waals surface area contributed by atoms with E-state index < -0.39 is 14.9 Å². The van der Waals surface area contributed by atoms with Crippen LogP contribution in [0.5, 0.6) is 0 Å². The van der Waals surface area contributed by atoms with Gasteiger partial charge in [0.25, 0.3) is 5.69 Å². The van der Waals surface area contributed by atoms with Crippen LogP contribution in [0, 0.1) is 24.0 Å². The van der Waals surface area contributed by atoms with Crippen molar-refractivity contribution in [3.05, 3.63) is 75.6 Å². The number of anilines is 1. The highest BCUT2D eigenvalue weighted by Gasteiger charge is 2.27. The van der Waals surface area contributed by atoms with Crippen molar-refractivity contribution in [1.82, 2.24) is 14.1 Å². The van der Waals surface area contributed by atoms with Gasteiger partial charge in [-0.15, -0.1) is 0 Å².